The number of amides is 1. The number of carbonyl (C=O) groups excluding carboxylic acids is 1. The predicted octanol–water partition coefficient (Wildman–Crippen LogP) is 1.44. The molecular formula is C15H19NO5. The van der Waals surface area contributed by atoms with Crippen LogP contribution in [0.25, 0.3) is 0 Å². The molecule has 21 heavy (non-hydrogen) atoms. The van der Waals surface area contributed by atoms with Gasteiger partial charge in [0.2, 0.25) is 0 Å². The largest absolute Gasteiger partial charge is 0.493 e. The van der Waals surface area contributed by atoms with E-state index in [-0.39, 0.29) is 30.9 Å². The van der Waals surface area contributed by atoms with E-state index in [1.807, 2.05) is 6.07 Å². The summed E-state index contributed by atoms with van der Waals surface area (Å²) < 4.78 is 10.5. The van der Waals surface area contributed by atoms with E-state index in [9.17, 15) is 9.59 Å². The van der Waals surface area contributed by atoms with Crippen LogP contribution in [-0.2, 0) is 9.59 Å². The van der Waals surface area contributed by atoms with Gasteiger partial charge in [0.15, 0.2) is 18.1 Å². The van der Waals surface area contributed by atoms with E-state index < -0.39 is 5.97 Å². The summed E-state index contributed by atoms with van der Waals surface area (Å²) in [5.74, 6) is 0.0825. The van der Waals surface area contributed by atoms with Gasteiger partial charge in [-0.2, -0.15) is 0 Å². The van der Waals surface area contributed by atoms with Gasteiger partial charge in [-0.1, -0.05) is 12.1 Å². The lowest BCUT2D eigenvalue weighted by Gasteiger charge is -2.16. The second-order valence-corrected chi connectivity index (χ2v) is 5.05. The molecule has 1 aliphatic carbocycles. The Morgan fingerprint density at radius 1 is 1.33 bits per heavy atom. The van der Waals surface area contributed by atoms with Crippen LogP contribution in [0.1, 0.15) is 19.3 Å². The number of benzene rings is 1. The minimum Gasteiger partial charge on any atom is -0.493 e. The van der Waals surface area contributed by atoms with Gasteiger partial charge in [-0.15, -0.1) is 0 Å². The molecule has 2 rings (SSSR count). The maximum absolute atomic E-state index is 11.9. The quantitative estimate of drug-likeness (QED) is 0.757. The second-order valence-electron chi connectivity index (χ2n) is 5.05. The zero-order valence-electron chi connectivity index (χ0n) is 11.9. The maximum Gasteiger partial charge on any atom is 0.305 e. The molecule has 6 heteroatoms. The Hall–Kier alpha value is -2.24. The number of carboxylic acids is 1. The third kappa shape index (κ3) is 4.66. The molecule has 1 atom stereocenters. The van der Waals surface area contributed by atoms with Crippen molar-refractivity contribution in [3.05, 3.63) is 24.3 Å². The molecule has 1 aromatic carbocycles. The molecule has 0 heterocycles. The van der Waals surface area contributed by atoms with Crippen LogP contribution in [0.2, 0.25) is 0 Å². The molecule has 1 aliphatic rings. The van der Waals surface area contributed by atoms with Crippen molar-refractivity contribution in [1.29, 1.82) is 0 Å². The summed E-state index contributed by atoms with van der Waals surface area (Å²) in [4.78, 5) is 22.7. The van der Waals surface area contributed by atoms with Gasteiger partial charge in [0, 0.05) is 6.04 Å². The molecule has 1 fully saturated rings. The summed E-state index contributed by atoms with van der Waals surface area (Å²) in [5, 5.41) is 11.6. The molecule has 6 nitrogen and oxygen atoms in total. The standard InChI is InChI=1S/C15H19NO5/c1-20-12-4-2-3-5-13(12)21-9-14(17)16-11(8-15(18)19)10-6-7-10/h2-5,10-11H,6-9H2,1H3,(H,16,17)(H,18,19). The van der Waals surface area contributed by atoms with E-state index in [4.69, 9.17) is 14.6 Å². The number of carbonyl (C=O) groups is 2. The van der Waals surface area contributed by atoms with E-state index >= 15 is 0 Å². The number of rotatable bonds is 8. The summed E-state index contributed by atoms with van der Waals surface area (Å²) in [5.41, 5.74) is 0. The van der Waals surface area contributed by atoms with E-state index in [2.05, 4.69) is 5.32 Å². The van der Waals surface area contributed by atoms with Crippen LogP contribution < -0.4 is 14.8 Å². The lowest BCUT2D eigenvalue weighted by Crippen LogP contribution is -2.40. The summed E-state index contributed by atoms with van der Waals surface area (Å²) in [6, 6.07) is 6.73. The van der Waals surface area contributed by atoms with Gasteiger partial charge in [0.25, 0.3) is 5.91 Å². The fourth-order valence-corrected chi connectivity index (χ4v) is 2.15. The fraction of sp³-hybridized carbons (Fsp3) is 0.467. The topological polar surface area (TPSA) is 84.9 Å². The fourth-order valence-electron chi connectivity index (χ4n) is 2.15. The van der Waals surface area contributed by atoms with Crippen LogP contribution in [0.15, 0.2) is 24.3 Å². The molecule has 0 spiro atoms. The molecular weight excluding hydrogens is 274 g/mol. The minimum atomic E-state index is -0.905. The number of methoxy groups -OCH3 is 1. The lowest BCUT2D eigenvalue weighted by molar-refractivity contribution is -0.138. The molecule has 1 saturated carbocycles. The number of aliphatic carboxylic acids is 1. The molecule has 2 N–H and O–H groups in total. The van der Waals surface area contributed by atoms with Crippen LogP contribution in [0.5, 0.6) is 11.5 Å². The van der Waals surface area contributed by atoms with Crippen molar-refractivity contribution in [1.82, 2.24) is 5.32 Å². The Morgan fingerprint density at radius 2 is 2.00 bits per heavy atom. The first kappa shape index (κ1) is 15.2. The first-order chi connectivity index (χ1) is 10.1. The van der Waals surface area contributed by atoms with Gasteiger partial charge in [-0.05, 0) is 30.9 Å². The molecule has 114 valence electrons. The van der Waals surface area contributed by atoms with E-state index in [0.29, 0.717) is 11.5 Å². The normalized spacial score (nSPS) is 15.1. The first-order valence-corrected chi connectivity index (χ1v) is 6.87. The van der Waals surface area contributed by atoms with Crippen LogP contribution in [-0.4, -0.2) is 36.7 Å². The monoisotopic (exact) mass is 293 g/mol. The molecule has 0 aliphatic heterocycles. The van der Waals surface area contributed by atoms with Gasteiger partial charge in [-0.25, -0.2) is 0 Å². The zero-order valence-corrected chi connectivity index (χ0v) is 11.9. The maximum atomic E-state index is 11.9. The smallest absolute Gasteiger partial charge is 0.305 e. The van der Waals surface area contributed by atoms with Crippen molar-refractivity contribution in [2.24, 2.45) is 5.92 Å². The van der Waals surface area contributed by atoms with E-state index in [1.54, 1.807) is 18.2 Å². The third-order valence-corrected chi connectivity index (χ3v) is 3.36. The highest BCUT2D eigenvalue weighted by atomic mass is 16.5. The molecule has 0 bridgehead atoms. The van der Waals surface area contributed by atoms with Crippen LogP contribution in [0.4, 0.5) is 0 Å². The van der Waals surface area contributed by atoms with Gasteiger partial charge >= 0.3 is 5.97 Å². The Labute approximate surface area is 123 Å². The average Bonchev–Trinajstić information content (AvgIpc) is 3.29. The summed E-state index contributed by atoms with van der Waals surface area (Å²) >= 11 is 0. The first-order valence-electron chi connectivity index (χ1n) is 6.87. The number of hydrogen-bond acceptors (Lipinski definition) is 4. The van der Waals surface area contributed by atoms with Crippen molar-refractivity contribution < 1.29 is 24.2 Å². The highest BCUT2D eigenvalue weighted by molar-refractivity contribution is 5.79. The van der Waals surface area contributed by atoms with Crippen molar-refractivity contribution in [2.75, 3.05) is 13.7 Å². The summed E-state index contributed by atoms with van der Waals surface area (Å²) in [6.07, 6.45) is 1.88. The van der Waals surface area contributed by atoms with E-state index in [0.717, 1.165) is 12.8 Å². The van der Waals surface area contributed by atoms with Gasteiger partial charge in [-0.3, -0.25) is 9.59 Å². The Kier molecular flexibility index (Phi) is 5.03. The highest BCUT2D eigenvalue weighted by Gasteiger charge is 2.33. The van der Waals surface area contributed by atoms with Crippen molar-refractivity contribution in [3.63, 3.8) is 0 Å². The number of nitrogens with one attached hydrogen (secondary N) is 1. The predicted molar refractivity (Wildman–Crippen MR) is 75.4 cm³/mol. The van der Waals surface area contributed by atoms with Crippen molar-refractivity contribution in [2.45, 2.75) is 25.3 Å². The number of carboxylic acid groups (broad SMARTS) is 1. The SMILES string of the molecule is COc1ccccc1OCC(=O)NC(CC(=O)O)C1CC1. The molecule has 1 aromatic rings. The van der Waals surface area contributed by atoms with Crippen LogP contribution in [0.3, 0.4) is 0 Å². The zero-order chi connectivity index (χ0) is 15.2. The highest BCUT2D eigenvalue weighted by Crippen LogP contribution is 2.34. The molecule has 1 amide bonds. The van der Waals surface area contributed by atoms with Crippen LogP contribution in [0, 0.1) is 5.92 Å². The molecule has 1 unspecified atom stereocenters. The van der Waals surface area contributed by atoms with Crippen LogP contribution >= 0.6 is 0 Å². The molecule has 0 saturated heterocycles. The van der Waals surface area contributed by atoms with Crippen molar-refractivity contribution in [3.8, 4) is 11.5 Å². The van der Waals surface area contributed by atoms with Gasteiger partial charge in [0.1, 0.15) is 0 Å². The van der Waals surface area contributed by atoms with Gasteiger partial charge in [0.05, 0.1) is 13.5 Å². The lowest BCUT2D eigenvalue weighted by atomic mass is 10.1. The van der Waals surface area contributed by atoms with Crippen molar-refractivity contribution >= 4 is 11.9 Å². The summed E-state index contributed by atoms with van der Waals surface area (Å²) in [6.45, 7) is -0.163. The van der Waals surface area contributed by atoms with E-state index in [1.165, 1.54) is 7.11 Å². The number of hydrogen-bond donors (Lipinski definition) is 2. The van der Waals surface area contributed by atoms with Gasteiger partial charge < -0.3 is 19.9 Å². The molecule has 0 radical (unpaired) electrons. The molecule has 0 aromatic heterocycles. The number of para-hydroxylation sites is 2. The second kappa shape index (κ2) is 6.97. The number of ether oxygens (including phenoxy) is 2. The Bertz CT molecular complexity index is 513. The summed E-state index contributed by atoms with van der Waals surface area (Å²) in [7, 11) is 1.53. The minimum absolute atomic E-state index is 0.0505. The Morgan fingerprint density at radius 3 is 2.57 bits per heavy atom. The average molecular weight is 293 g/mol. The third-order valence-electron chi connectivity index (χ3n) is 3.36. The Balaban J connectivity index is 1.84.